The van der Waals surface area contributed by atoms with Crippen molar-refractivity contribution in [3.05, 3.63) is 101 Å². The van der Waals surface area contributed by atoms with Gasteiger partial charge >= 0.3 is 0 Å². The number of nitrogens with one attached hydrogen (secondary N) is 1. The number of aromatic nitrogens is 2. The van der Waals surface area contributed by atoms with Crippen molar-refractivity contribution in [3.8, 4) is 5.75 Å². The molecule has 3 aromatic carbocycles. The summed E-state index contributed by atoms with van der Waals surface area (Å²) in [6.45, 7) is 1.40. The van der Waals surface area contributed by atoms with Gasteiger partial charge in [-0.3, -0.25) is 4.79 Å². The maximum Gasteiger partial charge on any atom is 0.244 e. The number of para-hydroxylation sites is 2. The predicted octanol–water partition coefficient (Wildman–Crippen LogP) is 5.10. The van der Waals surface area contributed by atoms with E-state index in [-0.39, 0.29) is 5.91 Å². The van der Waals surface area contributed by atoms with Crippen molar-refractivity contribution >= 4 is 34.6 Å². The fourth-order valence-corrected chi connectivity index (χ4v) is 3.38. The first-order chi connectivity index (χ1) is 15.2. The Hall–Kier alpha value is -3.57. The molecular weight excluding hydrogens is 410 g/mol. The molecule has 0 saturated carbocycles. The van der Waals surface area contributed by atoms with Gasteiger partial charge in [0.25, 0.3) is 0 Å². The third-order valence-corrected chi connectivity index (χ3v) is 5.03. The van der Waals surface area contributed by atoms with E-state index in [9.17, 15) is 4.79 Å². The third-order valence-electron chi connectivity index (χ3n) is 4.78. The SMILES string of the molecule is O=C(/C=C\c1ccccc1)NCc1nc2ccccc2n1CCOc1ccc(Cl)cc1. The van der Waals surface area contributed by atoms with Gasteiger partial charge in [-0.25, -0.2) is 4.98 Å². The number of ether oxygens (including phenoxy) is 1. The molecule has 0 aliphatic heterocycles. The Bertz CT molecular complexity index is 1180. The van der Waals surface area contributed by atoms with E-state index in [0.717, 1.165) is 28.2 Å². The van der Waals surface area contributed by atoms with E-state index < -0.39 is 0 Å². The second kappa shape index (κ2) is 9.96. The highest BCUT2D eigenvalue weighted by molar-refractivity contribution is 6.30. The molecule has 1 N–H and O–H groups in total. The summed E-state index contributed by atoms with van der Waals surface area (Å²) in [5.74, 6) is 1.37. The summed E-state index contributed by atoms with van der Waals surface area (Å²) >= 11 is 5.92. The van der Waals surface area contributed by atoms with Crippen LogP contribution in [-0.4, -0.2) is 22.1 Å². The molecule has 31 heavy (non-hydrogen) atoms. The normalized spacial score (nSPS) is 11.1. The molecule has 0 bridgehead atoms. The number of rotatable bonds is 8. The predicted molar refractivity (Wildman–Crippen MR) is 124 cm³/mol. The van der Waals surface area contributed by atoms with Gasteiger partial charge in [0, 0.05) is 11.1 Å². The first-order valence-electron chi connectivity index (χ1n) is 10.0. The van der Waals surface area contributed by atoms with Crippen LogP contribution in [-0.2, 0) is 17.9 Å². The van der Waals surface area contributed by atoms with Crippen molar-refractivity contribution in [2.75, 3.05) is 6.61 Å². The van der Waals surface area contributed by atoms with Crippen LogP contribution in [0.2, 0.25) is 5.02 Å². The summed E-state index contributed by atoms with van der Waals surface area (Å²) in [5.41, 5.74) is 2.87. The van der Waals surface area contributed by atoms with Crippen LogP contribution in [0.25, 0.3) is 17.1 Å². The summed E-state index contributed by atoms with van der Waals surface area (Å²) in [7, 11) is 0. The van der Waals surface area contributed by atoms with Crippen LogP contribution in [0.1, 0.15) is 11.4 Å². The highest BCUT2D eigenvalue weighted by atomic mass is 35.5. The van der Waals surface area contributed by atoms with Crippen LogP contribution < -0.4 is 10.1 Å². The number of benzene rings is 3. The fraction of sp³-hybridized carbons (Fsp3) is 0.120. The van der Waals surface area contributed by atoms with Gasteiger partial charge in [0.15, 0.2) is 0 Å². The van der Waals surface area contributed by atoms with Crippen LogP contribution in [0.3, 0.4) is 0 Å². The molecule has 5 nitrogen and oxygen atoms in total. The summed E-state index contributed by atoms with van der Waals surface area (Å²) in [6.07, 6.45) is 3.32. The molecule has 0 aliphatic rings. The Labute approximate surface area is 185 Å². The molecule has 6 heteroatoms. The number of hydrogen-bond acceptors (Lipinski definition) is 3. The lowest BCUT2D eigenvalue weighted by atomic mass is 10.2. The van der Waals surface area contributed by atoms with Gasteiger partial charge in [-0.15, -0.1) is 0 Å². The second-order valence-corrected chi connectivity index (χ2v) is 7.37. The molecule has 4 rings (SSSR count). The number of fused-ring (bicyclic) bond motifs is 1. The summed E-state index contributed by atoms with van der Waals surface area (Å²) in [4.78, 5) is 17.0. The van der Waals surface area contributed by atoms with E-state index in [1.165, 1.54) is 6.08 Å². The summed E-state index contributed by atoms with van der Waals surface area (Å²) in [6, 6.07) is 24.9. The lowest BCUT2D eigenvalue weighted by molar-refractivity contribution is -0.116. The van der Waals surface area contributed by atoms with Crippen molar-refractivity contribution in [2.45, 2.75) is 13.1 Å². The van der Waals surface area contributed by atoms with Crippen LogP contribution >= 0.6 is 11.6 Å². The third kappa shape index (κ3) is 5.53. The van der Waals surface area contributed by atoms with Crippen molar-refractivity contribution in [3.63, 3.8) is 0 Å². The van der Waals surface area contributed by atoms with Crippen molar-refractivity contribution in [1.82, 2.24) is 14.9 Å². The zero-order chi connectivity index (χ0) is 21.5. The Morgan fingerprint density at radius 3 is 2.55 bits per heavy atom. The molecule has 1 aromatic heterocycles. The molecule has 0 fully saturated rings. The molecular formula is C25H22ClN3O2. The molecule has 4 aromatic rings. The molecule has 1 amide bonds. The molecule has 0 aliphatic carbocycles. The number of imidazole rings is 1. The topological polar surface area (TPSA) is 56.2 Å². The van der Waals surface area contributed by atoms with E-state index in [2.05, 4.69) is 9.88 Å². The minimum absolute atomic E-state index is 0.167. The molecule has 0 radical (unpaired) electrons. The molecule has 156 valence electrons. The molecule has 0 atom stereocenters. The molecule has 0 unspecified atom stereocenters. The first kappa shape index (κ1) is 20.7. The minimum atomic E-state index is -0.167. The molecule has 1 heterocycles. The van der Waals surface area contributed by atoms with Crippen LogP contribution in [0.5, 0.6) is 5.75 Å². The monoisotopic (exact) mass is 431 g/mol. The van der Waals surface area contributed by atoms with E-state index >= 15 is 0 Å². The Kier molecular flexibility index (Phi) is 6.65. The zero-order valence-corrected chi connectivity index (χ0v) is 17.6. The first-order valence-corrected chi connectivity index (χ1v) is 10.4. The van der Waals surface area contributed by atoms with Gasteiger partial charge < -0.3 is 14.6 Å². The van der Waals surface area contributed by atoms with Gasteiger partial charge in [0.1, 0.15) is 18.2 Å². The van der Waals surface area contributed by atoms with Crippen LogP contribution in [0.15, 0.2) is 84.9 Å². The average Bonchev–Trinajstić information content (AvgIpc) is 3.16. The van der Waals surface area contributed by atoms with Crippen molar-refractivity contribution in [2.24, 2.45) is 0 Å². The number of nitrogens with zero attached hydrogens (tertiary/aromatic N) is 2. The van der Waals surface area contributed by atoms with Gasteiger partial charge in [0.05, 0.1) is 24.1 Å². The van der Waals surface area contributed by atoms with E-state index in [4.69, 9.17) is 21.3 Å². The lowest BCUT2D eigenvalue weighted by Gasteiger charge is -2.11. The van der Waals surface area contributed by atoms with Crippen molar-refractivity contribution in [1.29, 1.82) is 0 Å². The van der Waals surface area contributed by atoms with Crippen LogP contribution in [0, 0.1) is 0 Å². The highest BCUT2D eigenvalue weighted by Crippen LogP contribution is 2.18. The highest BCUT2D eigenvalue weighted by Gasteiger charge is 2.11. The quantitative estimate of drug-likeness (QED) is 0.395. The largest absolute Gasteiger partial charge is 0.492 e. The molecule has 0 spiro atoms. The van der Waals surface area contributed by atoms with Gasteiger partial charge in [0.2, 0.25) is 5.91 Å². The van der Waals surface area contributed by atoms with Crippen LogP contribution in [0.4, 0.5) is 0 Å². The standard InChI is InChI=1S/C25H22ClN3O2/c26-20-11-13-21(14-12-20)31-17-16-29-23-9-5-4-8-22(23)28-24(29)18-27-25(30)15-10-19-6-2-1-3-7-19/h1-15H,16-18H2,(H,27,30)/b15-10-. The van der Waals surface area contributed by atoms with Crippen molar-refractivity contribution < 1.29 is 9.53 Å². The van der Waals surface area contributed by atoms with E-state index in [1.54, 1.807) is 18.2 Å². The number of carbonyl (C=O) groups is 1. The number of amides is 1. The number of hydrogen-bond donors (Lipinski definition) is 1. The molecule has 0 saturated heterocycles. The summed E-state index contributed by atoms with van der Waals surface area (Å²) < 4.78 is 7.92. The van der Waals surface area contributed by atoms with Gasteiger partial charge in [-0.05, 0) is 48.0 Å². The lowest BCUT2D eigenvalue weighted by Crippen LogP contribution is -2.23. The fourth-order valence-electron chi connectivity index (χ4n) is 3.26. The smallest absolute Gasteiger partial charge is 0.244 e. The number of carbonyl (C=O) groups excluding carboxylic acids is 1. The van der Waals surface area contributed by atoms with Gasteiger partial charge in [-0.1, -0.05) is 54.1 Å². The summed E-state index contributed by atoms with van der Waals surface area (Å²) in [5, 5.41) is 3.59. The Morgan fingerprint density at radius 1 is 1.00 bits per heavy atom. The number of halogens is 1. The Morgan fingerprint density at radius 2 is 1.74 bits per heavy atom. The minimum Gasteiger partial charge on any atom is -0.492 e. The maximum atomic E-state index is 12.3. The van der Waals surface area contributed by atoms with Gasteiger partial charge in [-0.2, -0.15) is 0 Å². The van der Waals surface area contributed by atoms with E-state index in [0.29, 0.717) is 24.7 Å². The Balaban J connectivity index is 1.42. The average molecular weight is 432 g/mol. The second-order valence-electron chi connectivity index (χ2n) is 6.93. The van der Waals surface area contributed by atoms with E-state index in [1.807, 2.05) is 66.7 Å². The zero-order valence-electron chi connectivity index (χ0n) is 16.9. The maximum absolute atomic E-state index is 12.3.